The first-order valence-electron chi connectivity index (χ1n) is 8.58. The maximum Gasteiger partial charge on any atom is 0.326 e. The van der Waals surface area contributed by atoms with Crippen molar-refractivity contribution in [1.29, 1.82) is 0 Å². The fourth-order valence-corrected chi connectivity index (χ4v) is 4.83. The Morgan fingerprint density at radius 2 is 1.96 bits per heavy atom. The minimum atomic E-state index is -1.38. The van der Waals surface area contributed by atoms with Crippen LogP contribution in [-0.2, 0) is 28.6 Å². The van der Waals surface area contributed by atoms with E-state index in [2.05, 4.69) is 5.32 Å². The molecular weight excluding hydrogens is 362 g/mol. The second kappa shape index (κ2) is 8.41. The van der Waals surface area contributed by atoms with Gasteiger partial charge < -0.3 is 24.6 Å². The number of amides is 1. The number of fused-ring (bicyclic) bond motifs is 2. The largest absolute Gasteiger partial charge is 0.466 e. The molecule has 0 aromatic heterocycles. The molecule has 2 N–H and O–H groups in total. The molecule has 2 rings (SSSR count). The van der Waals surface area contributed by atoms with E-state index in [0.29, 0.717) is 0 Å². The molecule has 2 aliphatic heterocycles. The minimum absolute atomic E-state index is 0.0274. The number of rotatable bonds is 9. The van der Waals surface area contributed by atoms with Crippen molar-refractivity contribution in [3.63, 3.8) is 0 Å². The van der Waals surface area contributed by atoms with Gasteiger partial charge in [-0.05, 0) is 13.8 Å². The highest BCUT2D eigenvalue weighted by atomic mass is 32.2. The van der Waals surface area contributed by atoms with Crippen LogP contribution in [0, 0.1) is 5.92 Å². The summed E-state index contributed by atoms with van der Waals surface area (Å²) in [6.45, 7) is 4.86. The Morgan fingerprint density at radius 3 is 2.54 bits per heavy atom. The van der Waals surface area contributed by atoms with E-state index in [9.17, 15) is 19.5 Å². The van der Waals surface area contributed by atoms with Gasteiger partial charge in [-0.25, -0.2) is 0 Å². The normalized spacial score (nSPS) is 31.7. The molecule has 1 fully saturated rings. The number of ether oxygens (including phenoxy) is 3. The highest BCUT2D eigenvalue weighted by molar-refractivity contribution is 8.01. The minimum Gasteiger partial charge on any atom is -0.466 e. The van der Waals surface area contributed by atoms with Gasteiger partial charge in [0.2, 0.25) is 5.91 Å². The molecular formula is C17H25NO7S. The van der Waals surface area contributed by atoms with Crippen LogP contribution < -0.4 is 5.32 Å². The summed E-state index contributed by atoms with van der Waals surface area (Å²) in [5.41, 5.74) is -1.20. The second-order valence-corrected chi connectivity index (χ2v) is 7.41. The summed E-state index contributed by atoms with van der Waals surface area (Å²) in [7, 11) is 0. The van der Waals surface area contributed by atoms with Gasteiger partial charge in [0.05, 0.1) is 26.4 Å². The van der Waals surface area contributed by atoms with Gasteiger partial charge in [-0.2, -0.15) is 0 Å². The summed E-state index contributed by atoms with van der Waals surface area (Å²) >= 11 is 1.12. The summed E-state index contributed by atoms with van der Waals surface area (Å²) in [6.07, 6.45) is 2.69. The van der Waals surface area contributed by atoms with E-state index in [0.717, 1.165) is 11.8 Å². The molecule has 1 amide bonds. The molecule has 1 saturated heterocycles. The Hall–Kier alpha value is -1.58. The van der Waals surface area contributed by atoms with Gasteiger partial charge in [-0.15, -0.1) is 11.8 Å². The molecule has 0 aromatic rings. The maximum atomic E-state index is 12.9. The summed E-state index contributed by atoms with van der Waals surface area (Å²) in [4.78, 5) is 37.2. The molecule has 0 aliphatic carbocycles. The van der Waals surface area contributed by atoms with Crippen LogP contribution >= 0.6 is 11.8 Å². The molecule has 8 nitrogen and oxygen atoms in total. The standard InChI is InChI=1S/C17H25NO7S/c1-4-23-14(21)13-16(10-18-11(3)20)7-6-12(25-16)17(13,26-9-8-19)15(22)24-5-2/h6-7,12-13,19H,4-5,8-10H2,1-3H3,(H,18,20)/t12-,13-,16-,17-/m1/s1. The average molecular weight is 387 g/mol. The average Bonchev–Trinajstić information content (AvgIpc) is 3.14. The van der Waals surface area contributed by atoms with Crippen LogP contribution in [0.4, 0.5) is 0 Å². The lowest BCUT2D eigenvalue weighted by Crippen LogP contribution is -2.59. The molecule has 146 valence electrons. The lowest BCUT2D eigenvalue weighted by atomic mass is 9.74. The zero-order valence-corrected chi connectivity index (χ0v) is 16.0. The van der Waals surface area contributed by atoms with Gasteiger partial charge in [0, 0.05) is 12.7 Å². The van der Waals surface area contributed by atoms with E-state index in [1.54, 1.807) is 26.0 Å². The SMILES string of the molecule is CCOC(=O)[C@H]1[C@@](SCCO)(C(=O)OCC)[C@H]2C=C[C@]1(CNC(C)=O)O2. The van der Waals surface area contributed by atoms with Crippen molar-refractivity contribution in [2.45, 2.75) is 37.2 Å². The van der Waals surface area contributed by atoms with E-state index in [1.165, 1.54) is 6.92 Å². The highest BCUT2D eigenvalue weighted by Crippen LogP contribution is 2.56. The Bertz CT molecular complexity index is 596. The van der Waals surface area contributed by atoms with E-state index in [4.69, 9.17) is 14.2 Å². The Morgan fingerprint density at radius 1 is 1.27 bits per heavy atom. The Labute approximate surface area is 156 Å². The summed E-state index contributed by atoms with van der Waals surface area (Å²) in [5.74, 6) is -2.25. The number of carbonyl (C=O) groups is 3. The first-order valence-corrected chi connectivity index (χ1v) is 9.56. The predicted molar refractivity (Wildman–Crippen MR) is 94.5 cm³/mol. The van der Waals surface area contributed by atoms with Crippen LogP contribution in [0.15, 0.2) is 12.2 Å². The van der Waals surface area contributed by atoms with Gasteiger partial charge in [0.15, 0.2) is 4.75 Å². The second-order valence-electron chi connectivity index (χ2n) is 6.03. The Kier molecular flexibility index (Phi) is 6.70. The van der Waals surface area contributed by atoms with Gasteiger partial charge in [0.1, 0.15) is 17.6 Å². The molecule has 0 saturated carbocycles. The van der Waals surface area contributed by atoms with Gasteiger partial charge in [0.25, 0.3) is 0 Å². The number of hydrogen-bond donors (Lipinski definition) is 2. The van der Waals surface area contributed by atoms with Crippen molar-refractivity contribution in [1.82, 2.24) is 5.32 Å². The molecule has 0 aromatic carbocycles. The predicted octanol–water partition coefficient (Wildman–Crippen LogP) is 0.0366. The highest BCUT2D eigenvalue weighted by Gasteiger charge is 2.72. The number of aliphatic hydroxyl groups excluding tert-OH is 1. The van der Waals surface area contributed by atoms with Crippen molar-refractivity contribution in [2.75, 3.05) is 32.1 Å². The molecule has 2 bridgehead atoms. The zero-order chi connectivity index (χ0) is 19.4. The van der Waals surface area contributed by atoms with E-state index in [1.807, 2.05) is 0 Å². The zero-order valence-electron chi connectivity index (χ0n) is 15.1. The third-order valence-electron chi connectivity index (χ3n) is 4.40. The number of esters is 2. The lowest BCUT2D eigenvalue weighted by molar-refractivity contribution is -0.159. The topological polar surface area (TPSA) is 111 Å². The molecule has 0 unspecified atom stereocenters. The molecule has 2 aliphatic rings. The van der Waals surface area contributed by atoms with Crippen LogP contribution in [0.25, 0.3) is 0 Å². The molecule has 4 atom stereocenters. The lowest BCUT2D eigenvalue weighted by Gasteiger charge is -2.38. The number of aliphatic hydroxyl groups is 1. The maximum absolute atomic E-state index is 12.9. The van der Waals surface area contributed by atoms with Crippen molar-refractivity contribution in [2.24, 2.45) is 5.92 Å². The van der Waals surface area contributed by atoms with Crippen LogP contribution in [0.1, 0.15) is 20.8 Å². The fourth-order valence-electron chi connectivity index (χ4n) is 3.47. The molecule has 26 heavy (non-hydrogen) atoms. The van der Waals surface area contributed by atoms with Crippen molar-refractivity contribution >= 4 is 29.6 Å². The van der Waals surface area contributed by atoms with Crippen molar-refractivity contribution in [3.8, 4) is 0 Å². The van der Waals surface area contributed by atoms with Crippen molar-refractivity contribution < 1.29 is 33.7 Å². The third kappa shape index (κ3) is 3.47. The van der Waals surface area contributed by atoms with Gasteiger partial charge >= 0.3 is 11.9 Å². The summed E-state index contributed by atoms with van der Waals surface area (Å²) < 4.78 is 15.1. The smallest absolute Gasteiger partial charge is 0.326 e. The third-order valence-corrected chi connectivity index (χ3v) is 5.90. The Balaban J connectivity index is 2.50. The van der Waals surface area contributed by atoms with Crippen LogP contribution in [0.5, 0.6) is 0 Å². The van der Waals surface area contributed by atoms with Gasteiger partial charge in [-0.3, -0.25) is 14.4 Å². The fraction of sp³-hybridized carbons (Fsp3) is 0.706. The monoisotopic (exact) mass is 387 g/mol. The van der Waals surface area contributed by atoms with E-state index >= 15 is 0 Å². The van der Waals surface area contributed by atoms with Gasteiger partial charge in [-0.1, -0.05) is 12.2 Å². The van der Waals surface area contributed by atoms with E-state index < -0.39 is 34.3 Å². The van der Waals surface area contributed by atoms with Crippen molar-refractivity contribution in [3.05, 3.63) is 12.2 Å². The van der Waals surface area contributed by atoms with Crippen LogP contribution in [-0.4, -0.2) is 71.5 Å². The number of thioether (sulfide) groups is 1. The van der Waals surface area contributed by atoms with Crippen LogP contribution in [0.3, 0.4) is 0 Å². The summed E-state index contributed by atoms with van der Waals surface area (Å²) in [6, 6.07) is 0. The number of carbonyl (C=O) groups excluding carboxylic acids is 3. The summed E-state index contributed by atoms with van der Waals surface area (Å²) in [5, 5.41) is 12.0. The molecule has 0 radical (unpaired) electrons. The first-order chi connectivity index (χ1) is 12.4. The quantitative estimate of drug-likeness (QED) is 0.421. The molecule has 2 heterocycles. The molecule has 9 heteroatoms. The number of nitrogens with one attached hydrogen (secondary N) is 1. The number of hydrogen-bond acceptors (Lipinski definition) is 8. The molecule has 0 spiro atoms. The van der Waals surface area contributed by atoms with Crippen LogP contribution in [0.2, 0.25) is 0 Å². The first kappa shape index (κ1) is 20.7. The van der Waals surface area contributed by atoms with E-state index in [-0.39, 0.29) is 38.0 Å².